The first kappa shape index (κ1) is 19.0. The lowest BCUT2D eigenvalue weighted by molar-refractivity contribution is 0.315. The van der Waals surface area contributed by atoms with Crippen molar-refractivity contribution in [1.82, 2.24) is 15.5 Å². The second kappa shape index (κ2) is 7.99. The molecular weight excluding hydrogens is 375 g/mol. The van der Waals surface area contributed by atoms with Gasteiger partial charge in [-0.15, -0.1) is 24.0 Å². The summed E-state index contributed by atoms with van der Waals surface area (Å²) in [5.41, 5.74) is 0.240. The first-order valence-corrected chi connectivity index (χ1v) is 8.18. The monoisotopic (exact) mass is 408 g/mol. The van der Waals surface area contributed by atoms with E-state index in [-0.39, 0.29) is 29.4 Å². The third kappa shape index (κ3) is 6.30. The number of aliphatic imine (C=N–C) groups is 1. The molecule has 1 saturated heterocycles. The summed E-state index contributed by atoms with van der Waals surface area (Å²) < 4.78 is 0. The molecule has 0 aromatic heterocycles. The highest BCUT2D eigenvalue weighted by Gasteiger charge is 2.38. The molecule has 2 aliphatic rings. The summed E-state index contributed by atoms with van der Waals surface area (Å²) in [5.74, 6) is 1.69. The van der Waals surface area contributed by atoms with Crippen molar-refractivity contribution in [2.45, 2.75) is 59.5 Å². The van der Waals surface area contributed by atoms with E-state index < -0.39 is 0 Å². The second-order valence-corrected chi connectivity index (χ2v) is 7.67. The van der Waals surface area contributed by atoms with E-state index in [9.17, 15) is 0 Å². The van der Waals surface area contributed by atoms with Gasteiger partial charge in [-0.05, 0) is 31.1 Å². The Morgan fingerprint density at radius 2 is 1.90 bits per heavy atom. The van der Waals surface area contributed by atoms with Gasteiger partial charge in [0.05, 0.1) is 0 Å². The lowest BCUT2D eigenvalue weighted by Crippen LogP contribution is -2.47. The predicted octanol–water partition coefficient (Wildman–Crippen LogP) is 2.69. The zero-order valence-electron chi connectivity index (χ0n) is 14.3. The molecular formula is C16H33IN4. The van der Waals surface area contributed by atoms with Crippen LogP contribution >= 0.6 is 24.0 Å². The SMILES string of the molecule is CCNC(=NCC(C)(C)C)NC1CN(C2CC2)CC1C.I. The van der Waals surface area contributed by atoms with Crippen molar-refractivity contribution >= 4 is 29.9 Å². The van der Waals surface area contributed by atoms with Gasteiger partial charge in [0.2, 0.25) is 0 Å². The maximum absolute atomic E-state index is 4.74. The molecule has 124 valence electrons. The Bertz CT molecular complexity index is 347. The highest BCUT2D eigenvalue weighted by molar-refractivity contribution is 14.0. The fourth-order valence-electron chi connectivity index (χ4n) is 2.74. The van der Waals surface area contributed by atoms with Gasteiger partial charge in [0.1, 0.15) is 0 Å². The molecule has 0 aromatic rings. The molecule has 5 heteroatoms. The van der Waals surface area contributed by atoms with E-state index in [1.54, 1.807) is 0 Å². The van der Waals surface area contributed by atoms with Gasteiger partial charge >= 0.3 is 0 Å². The van der Waals surface area contributed by atoms with Crippen LogP contribution in [0.15, 0.2) is 4.99 Å². The summed E-state index contributed by atoms with van der Waals surface area (Å²) in [6.07, 6.45) is 2.80. The molecule has 0 spiro atoms. The summed E-state index contributed by atoms with van der Waals surface area (Å²) in [6.45, 7) is 15.4. The van der Waals surface area contributed by atoms with E-state index in [0.717, 1.165) is 25.1 Å². The predicted molar refractivity (Wildman–Crippen MR) is 102 cm³/mol. The minimum absolute atomic E-state index is 0. The zero-order valence-corrected chi connectivity index (χ0v) is 16.6. The highest BCUT2D eigenvalue weighted by Crippen LogP contribution is 2.31. The maximum atomic E-state index is 4.74. The molecule has 1 saturated carbocycles. The topological polar surface area (TPSA) is 39.7 Å². The molecule has 4 nitrogen and oxygen atoms in total. The van der Waals surface area contributed by atoms with Crippen LogP contribution in [0.3, 0.4) is 0 Å². The van der Waals surface area contributed by atoms with Gasteiger partial charge in [0, 0.05) is 38.3 Å². The molecule has 0 radical (unpaired) electrons. The number of likely N-dealkylation sites (tertiary alicyclic amines) is 1. The average molecular weight is 408 g/mol. The lowest BCUT2D eigenvalue weighted by atomic mass is 9.97. The Kier molecular flexibility index (Phi) is 7.24. The van der Waals surface area contributed by atoms with Crippen LogP contribution in [0.25, 0.3) is 0 Å². The van der Waals surface area contributed by atoms with E-state index in [1.807, 2.05) is 0 Å². The van der Waals surface area contributed by atoms with E-state index in [2.05, 4.69) is 50.2 Å². The average Bonchev–Trinajstić information content (AvgIpc) is 3.12. The third-order valence-electron chi connectivity index (χ3n) is 4.08. The number of halogens is 1. The molecule has 21 heavy (non-hydrogen) atoms. The Morgan fingerprint density at radius 1 is 1.24 bits per heavy atom. The van der Waals surface area contributed by atoms with Crippen LogP contribution in [0.4, 0.5) is 0 Å². The first-order valence-electron chi connectivity index (χ1n) is 8.18. The smallest absolute Gasteiger partial charge is 0.191 e. The van der Waals surface area contributed by atoms with E-state index in [4.69, 9.17) is 4.99 Å². The van der Waals surface area contributed by atoms with Gasteiger partial charge in [-0.2, -0.15) is 0 Å². The van der Waals surface area contributed by atoms with Crippen molar-refractivity contribution in [3.63, 3.8) is 0 Å². The normalized spacial score (nSPS) is 27.4. The van der Waals surface area contributed by atoms with Crippen LogP contribution in [0.1, 0.15) is 47.5 Å². The van der Waals surface area contributed by atoms with Gasteiger partial charge < -0.3 is 10.6 Å². The summed E-state index contributed by atoms with van der Waals surface area (Å²) in [6, 6.07) is 1.41. The fraction of sp³-hybridized carbons (Fsp3) is 0.938. The minimum Gasteiger partial charge on any atom is -0.357 e. The summed E-state index contributed by atoms with van der Waals surface area (Å²) in [7, 11) is 0. The van der Waals surface area contributed by atoms with E-state index in [1.165, 1.54) is 25.9 Å². The lowest BCUT2D eigenvalue weighted by Gasteiger charge is -2.22. The van der Waals surface area contributed by atoms with E-state index >= 15 is 0 Å². The van der Waals surface area contributed by atoms with Crippen molar-refractivity contribution < 1.29 is 0 Å². The summed E-state index contributed by atoms with van der Waals surface area (Å²) in [5, 5.41) is 7.03. The van der Waals surface area contributed by atoms with E-state index in [0.29, 0.717) is 12.0 Å². The molecule has 2 rings (SSSR count). The van der Waals surface area contributed by atoms with Crippen molar-refractivity contribution in [3.8, 4) is 0 Å². The number of guanidine groups is 1. The van der Waals surface area contributed by atoms with Crippen LogP contribution in [0.5, 0.6) is 0 Å². The highest BCUT2D eigenvalue weighted by atomic mass is 127. The largest absolute Gasteiger partial charge is 0.357 e. The fourth-order valence-corrected chi connectivity index (χ4v) is 2.74. The Hall–Kier alpha value is -0.0400. The third-order valence-corrected chi connectivity index (χ3v) is 4.08. The summed E-state index contributed by atoms with van der Waals surface area (Å²) in [4.78, 5) is 7.39. The van der Waals surface area contributed by atoms with Crippen molar-refractivity contribution in [3.05, 3.63) is 0 Å². The molecule has 2 N–H and O–H groups in total. The second-order valence-electron chi connectivity index (χ2n) is 7.67. The number of nitrogens with one attached hydrogen (secondary N) is 2. The molecule has 1 aliphatic carbocycles. The molecule has 0 aromatic carbocycles. The number of hydrogen-bond acceptors (Lipinski definition) is 2. The van der Waals surface area contributed by atoms with Crippen molar-refractivity contribution in [2.24, 2.45) is 16.3 Å². The molecule has 0 amide bonds. The molecule has 2 fully saturated rings. The molecule has 1 aliphatic heterocycles. The van der Waals surface area contributed by atoms with Crippen molar-refractivity contribution in [1.29, 1.82) is 0 Å². The number of hydrogen-bond donors (Lipinski definition) is 2. The quantitative estimate of drug-likeness (QED) is 0.427. The van der Waals surface area contributed by atoms with Crippen LogP contribution in [0.2, 0.25) is 0 Å². The van der Waals surface area contributed by atoms with Crippen molar-refractivity contribution in [2.75, 3.05) is 26.2 Å². The molecule has 2 atom stereocenters. The van der Waals surface area contributed by atoms with Gasteiger partial charge in [-0.25, -0.2) is 0 Å². The van der Waals surface area contributed by atoms with Crippen LogP contribution in [0, 0.1) is 11.3 Å². The van der Waals surface area contributed by atoms with Crippen LogP contribution < -0.4 is 10.6 Å². The summed E-state index contributed by atoms with van der Waals surface area (Å²) >= 11 is 0. The Morgan fingerprint density at radius 3 is 2.43 bits per heavy atom. The Balaban J connectivity index is 0.00000220. The standard InChI is InChI=1S/C16H32N4.HI/c1-6-17-15(18-11-16(3,4)5)19-14-10-20(9-12(14)2)13-7-8-13;/h12-14H,6-11H2,1-5H3,(H2,17,18,19);1H. The molecule has 2 unspecified atom stereocenters. The molecule has 1 heterocycles. The van der Waals surface area contributed by atoms with Crippen LogP contribution in [-0.2, 0) is 0 Å². The van der Waals surface area contributed by atoms with Gasteiger partial charge in [0.25, 0.3) is 0 Å². The minimum atomic E-state index is 0. The maximum Gasteiger partial charge on any atom is 0.191 e. The van der Waals surface area contributed by atoms with Gasteiger partial charge in [-0.1, -0.05) is 27.7 Å². The molecule has 0 bridgehead atoms. The van der Waals surface area contributed by atoms with Gasteiger partial charge in [0.15, 0.2) is 5.96 Å². The zero-order chi connectivity index (χ0) is 14.8. The first-order chi connectivity index (χ1) is 9.39. The number of nitrogens with zero attached hydrogens (tertiary/aromatic N) is 2. The Labute approximate surface area is 147 Å². The van der Waals surface area contributed by atoms with Crippen LogP contribution in [-0.4, -0.2) is 49.1 Å². The van der Waals surface area contributed by atoms with Gasteiger partial charge in [-0.3, -0.25) is 9.89 Å². The number of rotatable bonds is 4.